The minimum absolute atomic E-state index is 0.0169. The highest BCUT2D eigenvalue weighted by Crippen LogP contribution is 2.19. The number of nitrogen functional groups attached to an aromatic ring is 1. The van der Waals surface area contributed by atoms with Gasteiger partial charge in [0.1, 0.15) is 5.69 Å². The van der Waals surface area contributed by atoms with E-state index in [1.165, 1.54) is 6.20 Å². The first-order valence-electron chi connectivity index (χ1n) is 6.72. The number of hydrogen-bond acceptors (Lipinski definition) is 4. The molecular weight excluding hydrogens is 240 g/mol. The first kappa shape index (κ1) is 13.8. The van der Waals surface area contributed by atoms with Crippen molar-refractivity contribution < 1.29 is 4.79 Å². The standard InChI is InChI=1S/C14H22N4O/c1-17(2)10-11-5-7-18(8-6-11)14(19)13-4-3-12(15)9-16-13/h3-4,9,11H,5-8,10,15H2,1-2H3. The molecule has 1 fully saturated rings. The molecule has 2 heterocycles. The van der Waals surface area contributed by atoms with Crippen LogP contribution < -0.4 is 5.73 Å². The molecule has 1 amide bonds. The number of hydrogen-bond donors (Lipinski definition) is 1. The van der Waals surface area contributed by atoms with Gasteiger partial charge in [-0.25, -0.2) is 4.98 Å². The van der Waals surface area contributed by atoms with Gasteiger partial charge < -0.3 is 15.5 Å². The molecule has 0 bridgehead atoms. The molecule has 0 spiro atoms. The van der Waals surface area contributed by atoms with E-state index in [-0.39, 0.29) is 5.91 Å². The minimum atomic E-state index is 0.0169. The molecule has 0 saturated carbocycles. The van der Waals surface area contributed by atoms with Gasteiger partial charge in [-0.15, -0.1) is 0 Å². The predicted octanol–water partition coefficient (Wildman–Crippen LogP) is 1.08. The molecule has 2 rings (SSSR count). The Bertz CT molecular complexity index is 422. The zero-order chi connectivity index (χ0) is 13.8. The molecule has 1 aromatic rings. The number of rotatable bonds is 3. The van der Waals surface area contributed by atoms with Crippen molar-refractivity contribution in [3.8, 4) is 0 Å². The summed E-state index contributed by atoms with van der Waals surface area (Å²) in [5.41, 5.74) is 6.65. The Morgan fingerprint density at radius 2 is 2.11 bits per heavy atom. The number of aromatic nitrogens is 1. The van der Waals surface area contributed by atoms with E-state index in [0.29, 0.717) is 17.3 Å². The van der Waals surface area contributed by atoms with Crippen LogP contribution in [0.2, 0.25) is 0 Å². The lowest BCUT2D eigenvalue weighted by Gasteiger charge is -2.33. The number of pyridine rings is 1. The monoisotopic (exact) mass is 262 g/mol. The molecule has 19 heavy (non-hydrogen) atoms. The fourth-order valence-electron chi connectivity index (χ4n) is 2.53. The number of likely N-dealkylation sites (tertiary alicyclic amines) is 1. The Morgan fingerprint density at radius 3 is 2.63 bits per heavy atom. The van der Waals surface area contributed by atoms with Crippen molar-refractivity contribution in [1.82, 2.24) is 14.8 Å². The average molecular weight is 262 g/mol. The Morgan fingerprint density at radius 1 is 1.42 bits per heavy atom. The second-order valence-corrected chi connectivity index (χ2v) is 5.47. The van der Waals surface area contributed by atoms with E-state index in [4.69, 9.17) is 5.73 Å². The molecule has 5 heteroatoms. The molecule has 0 aromatic carbocycles. The molecule has 1 aliphatic heterocycles. The number of piperidine rings is 1. The van der Waals surface area contributed by atoms with Crippen molar-refractivity contribution >= 4 is 11.6 Å². The van der Waals surface area contributed by atoms with Gasteiger partial charge in [0.05, 0.1) is 11.9 Å². The topological polar surface area (TPSA) is 62.5 Å². The van der Waals surface area contributed by atoms with E-state index in [9.17, 15) is 4.79 Å². The van der Waals surface area contributed by atoms with Crippen LogP contribution in [-0.2, 0) is 0 Å². The Hall–Kier alpha value is -1.62. The van der Waals surface area contributed by atoms with Crippen LogP contribution in [0.4, 0.5) is 5.69 Å². The van der Waals surface area contributed by atoms with Gasteiger partial charge in [-0.1, -0.05) is 0 Å². The molecular formula is C14H22N4O. The molecule has 2 N–H and O–H groups in total. The van der Waals surface area contributed by atoms with E-state index >= 15 is 0 Å². The van der Waals surface area contributed by atoms with E-state index in [2.05, 4.69) is 24.0 Å². The van der Waals surface area contributed by atoms with Crippen molar-refractivity contribution in [2.24, 2.45) is 5.92 Å². The van der Waals surface area contributed by atoms with Gasteiger partial charge in [-0.3, -0.25) is 4.79 Å². The molecule has 0 radical (unpaired) electrons. The highest BCUT2D eigenvalue weighted by Gasteiger charge is 2.24. The summed E-state index contributed by atoms with van der Waals surface area (Å²) in [4.78, 5) is 20.5. The predicted molar refractivity (Wildman–Crippen MR) is 75.8 cm³/mol. The van der Waals surface area contributed by atoms with Gasteiger partial charge in [-0.2, -0.15) is 0 Å². The fourth-order valence-corrected chi connectivity index (χ4v) is 2.53. The van der Waals surface area contributed by atoms with Crippen LogP contribution in [0.1, 0.15) is 23.3 Å². The number of carbonyl (C=O) groups excluding carboxylic acids is 1. The van der Waals surface area contributed by atoms with Crippen LogP contribution >= 0.6 is 0 Å². The summed E-state index contributed by atoms with van der Waals surface area (Å²) in [5, 5.41) is 0. The van der Waals surface area contributed by atoms with Gasteiger partial charge in [0, 0.05) is 19.6 Å². The Balaban J connectivity index is 1.90. The van der Waals surface area contributed by atoms with Crippen molar-refractivity contribution in [1.29, 1.82) is 0 Å². The second kappa shape index (κ2) is 6.02. The molecule has 1 aromatic heterocycles. The molecule has 0 atom stereocenters. The average Bonchev–Trinajstić information content (AvgIpc) is 2.39. The van der Waals surface area contributed by atoms with Crippen LogP contribution in [-0.4, -0.2) is 54.4 Å². The highest BCUT2D eigenvalue weighted by atomic mass is 16.2. The van der Waals surface area contributed by atoms with Gasteiger partial charge in [-0.05, 0) is 45.0 Å². The van der Waals surface area contributed by atoms with E-state index < -0.39 is 0 Å². The normalized spacial score (nSPS) is 16.9. The van der Waals surface area contributed by atoms with Crippen LogP contribution in [0, 0.1) is 5.92 Å². The third-order valence-corrected chi connectivity index (χ3v) is 3.53. The largest absolute Gasteiger partial charge is 0.397 e. The Kier molecular flexibility index (Phi) is 4.37. The number of nitrogens with zero attached hydrogens (tertiary/aromatic N) is 3. The molecule has 0 unspecified atom stereocenters. The number of amides is 1. The summed E-state index contributed by atoms with van der Waals surface area (Å²) in [6.07, 6.45) is 3.67. The quantitative estimate of drug-likeness (QED) is 0.885. The summed E-state index contributed by atoms with van der Waals surface area (Å²) in [7, 11) is 4.19. The summed E-state index contributed by atoms with van der Waals surface area (Å²) in [6.45, 7) is 2.74. The van der Waals surface area contributed by atoms with Crippen molar-refractivity contribution in [2.75, 3.05) is 39.5 Å². The van der Waals surface area contributed by atoms with Gasteiger partial charge >= 0.3 is 0 Å². The minimum Gasteiger partial charge on any atom is -0.397 e. The van der Waals surface area contributed by atoms with E-state index in [0.717, 1.165) is 32.5 Å². The van der Waals surface area contributed by atoms with E-state index in [1.54, 1.807) is 12.1 Å². The molecule has 1 saturated heterocycles. The van der Waals surface area contributed by atoms with Gasteiger partial charge in [0.2, 0.25) is 0 Å². The Labute approximate surface area is 114 Å². The lowest BCUT2D eigenvalue weighted by molar-refractivity contribution is 0.0672. The number of carbonyl (C=O) groups is 1. The van der Waals surface area contributed by atoms with Gasteiger partial charge in [0.15, 0.2) is 0 Å². The van der Waals surface area contributed by atoms with Crippen molar-refractivity contribution in [3.63, 3.8) is 0 Å². The van der Waals surface area contributed by atoms with Gasteiger partial charge in [0.25, 0.3) is 5.91 Å². The zero-order valence-electron chi connectivity index (χ0n) is 11.7. The van der Waals surface area contributed by atoms with E-state index in [1.807, 2.05) is 4.90 Å². The second-order valence-electron chi connectivity index (χ2n) is 5.47. The molecule has 1 aliphatic rings. The first-order valence-corrected chi connectivity index (χ1v) is 6.72. The van der Waals surface area contributed by atoms with Crippen LogP contribution in [0.5, 0.6) is 0 Å². The summed E-state index contributed by atoms with van der Waals surface area (Å²) < 4.78 is 0. The maximum atomic E-state index is 12.3. The third-order valence-electron chi connectivity index (χ3n) is 3.53. The van der Waals surface area contributed by atoms with Crippen LogP contribution in [0.15, 0.2) is 18.3 Å². The van der Waals surface area contributed by atoms with Crippen molar-refractivity contribution in [2.45, 2.75) is 12.8 Å². The first-order chi connectivity index (χ1) is 9.06. The summed E-state index contributed by atoms with van der Waals surface area (Å²) in [5.74, 6) is 0.710. The smallest absolute Gasteiger partial charge is 0.272 e. The molecule has 104 valence electrons. The SMILES string of the molecule is CN(C)CC1CCN(C(=O)c2ccc(N)cn2)CC1. The zero-order valence-corrected chi connectivity index (χ0v) is 11.7. The van der Waals surface area contributed by atoms with Crippen LogP contribution in [0.3, 0.4) is 0 Å². The lowest BCUT2D eigenvalue weighted by Crippen LogP contribution is -2.40. The molecule has 5 nitrogen and oxygen atoms in total. The molecule has 0 aliphatic carbocycles. The summed E-state index contributed by atoms with van der Waals surface area (Å²) >= 11 is 0. The lowest BCUT2D eigenvalue weighted by atomic mass is 9.96. The number of anilines is 1. The fraction of sp³-hybridized carbons (Fsp3) is 0.571. The van der Waals surface area contributed by atoms with Crippen LogP contribution in [0.25, 0.3) is 0 Å². The third kappa shape index (κ3) is 3.67. The highest BCUT2D eigenvalue weighted by molar-refractivity contribution is 5.92. The maximum Gasteiger partial charge on any atom is 0.272 e. The van der Waals surface area contributed by atoms with Crippen molar-refractivity contribution in [3.05, 3.63) is 24.0 Å². The maximum absolute atomic E-state index is 12.3. The summed E-state index contributed by atoms with van der Waals surface area (Å²) in [6, 6.07) is 3.42. The number of nitrogens with two attached hydrogens (primary N) is 1.